The van der Waals surface area contributed by atoms with Gasteiger partial charge in [0.2, 0.25) is 11.8 Å². The van der Waals surface area contributed by atoms with Crippen molar-refractivity contribution in [2.24, 2.45) is 0 Å². The average Bonchev–Trinajstić information content (AvgIpc) is 3.01. The van der Waals surface area contributed by atoms with E-state index in [0.717, 1.165) is 16.8 Å². The number of carbonyl (C=O) groups is 1. The summed E-state index contributed by atoms with van der Waals surface area (Å²) in [6.07, 6.45) is 1.07. The number of oxazole rings is 1. The second kappa shape index (κ2) is 7.45. The molecular weight excluding hydrogens is 292 g/mol. The third-order valence-corrected chi connectivity index (χ3v) is 3.34. The number of amides is 1. The number of nitrogens with one attached hydrogen (secondary N) is 1. The van der Waals surface area contributed by atoms with Crippen molar-refractivity contribution in [1.29, 1.82) is 0 Å². The predicted octanol–water partition coefficient (Wildman–Crippen LogP) is 3.30. The highest BCUT2D eigenvalue weighted by Crippen LogP contribution is 2.14. The third-order valence-electron chi connectivity index (χ3n) is 3.34. The number of ether oxygens (including phenoxy) is 1. The molecule has 0 fully saturated rings. The van der Waals surface area contributed by atoms with Crippen LogP contribution in [0.3, 0.4) is 0 Å². The molecule has 0 aliphatic carbocycles. The molecule has 118 valence electrons. The Labute approximate surface area is 134 Å². The van der Waals surface area contributed by atoms with Crippen LogP contribution in [0.25, 0.3) is 11.1 Å². The van der Waals surface area contributed by atoms with Crippen molar-refractivity contribution in [3.63, 3.8) is 0 Å². The number of para-hydroxylation sites is 3. The van der Waals surface area contributed by atoms with E-state index in [4.69, 9.17) is 9.15 Å². The van der Waals surface area contributed by atoms with E-state index < -0.39 is 0 Å². The molecular formula is C18H18N2O3. The molecule has 0 aliphatic heterocycles. The summed E-state index contributed by atoms with van der Waals surface area (Å²) in [5.74, 6) is 1.29. The minimum atomic E-state index is -0.0380. The molecule has 5 heteroatoms. The molecule has 23 heavy (non-hydrogen) atoms. The summed E-state index contributed by atoms with van der Waals surface area (Å²) < 4.78 is 11.1. The van der Waals surface area contributed by atoms with Gasteiger partial charge in [0.25, 0.3) is 0 Å². The largest absolute Gasteiger partial charge is 0.494 e. The summed E-state index contributed by atoms with van der Waals surface area (Å²) in [4.78, 5) is 16.1. The highest BCUT2D eigenvalue weighted by molar-refractivity contribution is 5.76. The number of benzene rings is 2. The van der Waals surface area contributed by atoms with Gasteiger partial charge in [-0.05, 0) is 30.7 Å². The Bertz CT molecular complexity index is 735. The van der Waals surface area contributed by atoms with Crippen LogP contribution in [0.4, 0.5) is 0 Å². The van der Waals surface area contributed by atoms with E-state index in [2.05, 4.69) is 10.3 Å². The maximum Gasteiger partial charge on any atom is 0.220 e. The Kier molecular flexibility index (Phi) is 4.88. The fourth-order valence-corrected chi connectivity index (χ4v) is 2.20. The van der Waals surface area contributed by atoms with E-state index in [0.29, 0.717) is 31.9 Å². The molecule has 3 aromatic rings. The molecule has 0 saturated heterocycles. The number of carbonyl (C=O) groups excluding carboxylic acids is 1. The minimum Gasteiger partial charge on any atom is -0.494 e. The molecule has 0 unspecified atom stereocenters. The van der Waals surface area contributed by atoms with Gasteiger partial charge in [0, 0.05) is 6.42 Å². The average molecular weight is 310 g/mol. The van der Waals surface area contributed by atoms with Gasteiger partial charge in [0.1, 0.15) is 11.3 Å². The van der Waals surface area contributed by atoms with E-state index in [9.17, 15) is 4.79 Å². The van der Waals surface area contributed by atoms with Crippen molar-refractivity contribution in [2.45, 2.75) is 19.4 Å². The molecule has 1 amide bonds. The molecule has 0 radical (unpaired) electrons. The molecule has 1 N–H and O–H groups in total. The zero-order chi connectivity index (χ0) is 15.9. The van der Waals surface area contributed by atoms with Crippen LogP contribution < -0.4 is 10.1 Å². The van der Waals surface area contributed by atoms with Crippen molar-refractivity contribution in [3.05, 3.63) is 60.5 Å². The maximum absolute atomic E-state index is 11.8. The Hall–Kier alpha value is -2.82. The molecule has 3 rings (SSSR count). The minimum absolute atomic E-state index is 0.0380. The molecule has 0 spiro atoms. The molecule has 1 heterocycles. The van der Waals surface area contributed by atoms with E-state index in [1.54, 1.807) is 0 Å². The monoisotopic (exact) mass is 310 g/mol. The first-order valence-corrected chi connectivity index (χ1v) is 7.60. The predicted molar refractivity (Wildman–Crippen MR) is 87.0 cm³/mol. The smallest absolute Gasteiger partial charge is 0.220 e. The summed E-state index contributed by atoms with van der Waals surface area (Å²) in [5, 5.41) is 2.81. The Morgan fingerprint density at radius 1 is 1.09 bits per heavy atom. The Morgan fingerprint density at radius 2 is 1.87 bits per heavy atom. The van der Waals surface area contributed by atoms with Gasteiger partial charge in [-0.3, -0.25) is 4.79 Å². The van der Waals surface area contributed by atoms with Crippen LogP contribution in [0.5, 0.6) is 5.75 Å². The van der Waals surface area contributed by atoms with E-state index in [1.807, 2.05) is 54.6 Å². The fourth-order valence-electron chi connectivity index (χ4n) is 2.20. The molecule has 1 aromatic heterocycles. The topological polar surface area (TPSA) is 64.4 Å². The first kappa shape index (κ1) is 15.1. The molecule has 0 saturated carbocycles. The maximum atomic E-state index is 11.8. The van der Waals surface area contributed by atoms with E-state index in [1.165, 1.54) is 0 Å². The number of hydrogen-bond donors (Lipinski definition) is 1. The quantitative estimate of drug-likeness (QED) is 0.680. The lowest BCUT2D eigenvalue weighted by Gasteiger charge is -2.06. The number of nitrogens with zero attached hydrogens (tertiary/aromatic N) is 1. The second-order valence-corrected chi connectivity index (χ2v) is 5.12. The van der Waals surface area contributed by atoms with E-state index >= 15 is 0 Å². The second-order valence-electron chi connectivity index (χ2n) is 5.12. The molecule has 0 aliphatic rings. The van der Waals surface area contributed by atoms with Crippen molar-refractivity contribution >= 4 is 17.0 Å². The summed E-state index contributed by atoms with van der Waals surface area (Å²) >= 11 is 0. The first-order chi connectivity index (χ1) is 11.3. The van der Waals surface area contributed by atoms with Crippen LogP contribution in [-0.4, -0.2) is 17.5 Å². The Balaban J connectivity index is 1.38. The first-order valence-electron chi connectivity index (χ1n) is 7.60. The van der Waals surface area contributed by atoms with Crippen LogP contribution in [-0.2, 0) is 11.3 Å². The van der Waals surface area contributed by atoms with Crippen molar-refractivity contribution in [2.75, 3.05) is 6.61 Å². The highest BCUT2D eigenvalue weighted by Gasteiger charge is 2.07. The van der Waals surface area contributed by atoms with Gasteiger partial charge in [-0.1, -0.05) is 30.3 Å². The van der Waals surface area contributed by atoms with Crippen molar-refractivity contribution in [1.82, 2.24) is 10.3 Å². The molecule has 5 nitrogen and oxygen atoms in total. The van der Waals surface area contributed by atoms with Gasteiger partial charge in [-0.15, -0.1) is 0 Å². The van der Waals surface area contributed by atoms with Gasteiger partial charge in [0.05, 0.1) is 13.2 Å². The van der Waals surface area contributed by atoms with Crippen LogP contribution >= 0.6 is 0 Å². The van der Waals surface area contributed by atoms with Gasteiger partial charge >= 0.3 is 0 Å². The molecule has 0 atom stereocenters. The van der Waals surface area contributed by atoms with Gasteiger partial charge in [0.15, 0.2) is 5.58 Å². The lowest BCUT2D eigenvalue weighted by molar-refractivity contribution is -0.121. The van der Waals surface area contributed by atoms with Crippen molar-refractivity contribution < 1.29 is 13.9 Å². The summed E-state index contributed by atoms with van der Waals surface area (Å²) in [7, 11) is 0. The summed E-state index contributed by atoms with van der Waals surface area (Å²) in [5.41, 5.74) is 1.53. The van der Waals surface area contributed by atoms with E-state index in [-0.39, 0.29) is 5.91 Å². The lowest BCUT2D eigenvalue weighted by atomic mass is 10.3. The lowest BCUT2D eigenvalue weighted by Crippen LogP contribution is -2.23. The van der Waals surface area contributed by atoms with Gasteiger partial charge < -0.3 is 14.5 Å². The van der Waals surface area contributed by atoms with Gasteiger partial charge in [-0.25, -0.2) is 4.98 Å². The van der Waals surface area contributed by atoms with Crippen LogP contribution in [0.15, 0.2) is 59.0 Å². The van der Waals surface area contributed by atoms with Gasteiger partial charge in [-0.2, -0.15) is 0 Å². The SMILES string of the molecule is O=C(CCCOc1ccccc1)NCc1nc2ccccc2o1. The van der Waals surface area contributed by atoms with Crippen LogP contribution in [0.2, 0.25) is 0 Å². The van der Waals surface area contributed by atoms with Crippen LogP contribution in [0.1, 0.15) is 18.7 Å². The normalized spacial score (nSPS) is 10.6. The zero-order valence-electron chi connectivity index (χ0n) is 12.7. The number of rotatable bonds is 7. The number of fused-ring (bicyclic) bond motifs is 1. The molecule has 2 aromatic carbocycles. The number of hydrogen-bond acceptors (Lipinski definition) is 4. The summed E-state index contributed by atoms with van der Waals surface area (Å²) in [6, 6.07) is 17.1. The third kappa shape index (κ3) is 4.32. The van der Waals surface area contributed by atoms with Crippen molar-refractivity contribution in [3.8, 4) is 5.75 Å². The number of aromatic nitrogens is 1. The fraction of sp³-hybridized carbons (Fsp3) is 0.222. The zero-order valence-corrected chi connectivity index (χ0v) is 12.7. The van der Waals surface area contributed by atoms with Crippen LogP contribution in [0, 0.1) is 0 Å². The summed E-state index contributed by atoms with van der Waals surface area (Å²) in [6.45, 7) is 0.813. The molecule has 0 bridgehead atoms. The highest BCUT2D eigenvalue weighted by atomic mass is 16.5. The standard InChI is InChI=1S/C18H18N2O3/c21-17(11-6-12-22-14-7-2-1-3-8-14)19-13-18-20-15-9-4-5-10-16(15)23-18/h1-5,7-10H,6,11-13H2,(H,19,21). The Morgan fingerprint density at radius 3 is 2.70 bits per heavy atom.